The molecule has 2 rings (SSSR count). The Morgan fingerprint density at radius 2 is 2.11 bits per heavy atom. The summed E-state index contributed by atoms with van der Waals surface area (Å²) >= 11 is 0. The summed E-state index contributed by atoms with van der Waals surface area (Å²) in [4.78, 5) is 13.6. The maximum Gasteiger partial charge on any atom is 0.248 e. The summed E-state index contributed by atoms with van der Waals surface area (Å²) in [6, 6.07) is 1.04. The lowest BCUT2D eigenvalue weighted by Crippen LogP contribution is -2.50. The Labute approximate surface area is 109 Å². The molecule has 0 aromatic carbocycles. The molecule has 5 nitrogen and oxygen atoms in total. The summed E-state index contributed by atoms with van der Waals surface area (Å²) in [5.74, 6) is 0.108. The number of nitrogens with one attached hydrogen (secondary N) is 1. The second-order valence-corrected chi connectivity index (χ2v) is 5.17. The zero-order chi connectivity index (χ0) is 12.8. The number of piperidine rings is 1. The fourth-order valence-corrected chi connectivity index (χ4v) is 2.72. The molecule has 2 saturated heterocycles. The van der Waals surface area contributed by atoms with Crippen molar-refractivity contribution >= 4 is 5.91 Å². The zero-order valence-electron chi connectivity index (χ0n) is 11.2. The third-order valence-electron chi connectivity index (χ3n) is 3.75. The summed E-state index contributed by atoms with van der Waals surface area (Å²) in [6.07, 6.45) is 4.43. The summed E-state index contributed by atoms with van der Waals surface area (Å²) in [5, 5.41) is 3.66. The fraction of sp³-hybridized carbons (Fsp3) is 0.923. The van der Waals surface area contributed by atoms with Gasteiger partial charge in [-0.05, 0) is 25.7 Å². The SMILES string of the molecule is COCC(=O)N1CCC(NC2CCCOC2)CC1. The van der Waals surface area contributed by atoms with E-state index in [1.807, 2.05) is 4.90 Å². The second kappa shape index (κ2) is 7.07. The Bertz CT molecular complexity index is 259. The van der Waals surface area contributed by atoms with Crippen molar-refractivity contribution < 1.29 is 14.3 Å². The molecule has 0 bridgehead atoms. The fourth-order valence-electron chi connectivity index (χ4n) is 2.72. The van der Waals surface area contributed by atoms with Crippen LogP contribution in [0, 0.1) is 0 Å². The molecule has 2 aliphatic heterocycles. The van der Waals surface area contributed by atoms with E-state index < -0.39 is 0 Å². The molecule has 5 heteroatoms. The maximum atomic E-state index is 11.7. The summed E-state index contributed by atoms with van der Waals surface area (Å²) in [7, 11) is 1.56. The molecular formula is C13H24N2O3. The molecule has 1 amide bonds. The number of carbonyl (C=O) groups is 1. The van der Waals surface area contributed by atoms with E-state index in [0.29, 0.717) is 12.1 Å². The first-order chi connectivity index (χ1) is 8.79. The van der Waals surface area contributed by atoms with Crippen molar-refractivity contribution in [1.82, 2.24) is 10.2 Å². The van der Waals surface area contributed by atoms with Gasteiger partial charge in [0.1, 0.15) is 6.61 Å². The van der Waals surface area contributed by atoms with Crippen LogP contribution in [0.1, 0.15) is 25.7 Å². The van der Waals surface area contributed by atoms with Gasteiger partial charge in [-0.1, -0.05) is 0 Å². The molecule has 104 valence electrons. The molecule has 18 heavy (non-hydrogen) atoms. The lowest BCUT2D eigenvalue weighted by atomic mass is 10.0. The molecule has 0 aromatic rings. The molecule has 2 heterocycles. The average molecular weight is 256 g/mol. The lowest BCUT2D eigenvalue weighted by Gasteiger charge is -2.35. The normalized spacial score (nSPS) is 26.3. The Hall–Kier alpha value is -0.650. The van der Waals surface area contributed by atoms with E-state index in [2.05, 4.69) is 5.32 Å². The summed E-state index contributed by atoms with van der Waals surface area (Å²) < 4.78 is 10.4. The van der Waals surface area contributed by atoms with Crippen LogP contribution >= 0.6 is 0 Å². The van der Waals surface area contributed by atoms with Crippen LogP contribution in [0.2, 0.25) is 0 Å². The number of carbonyl (C=O) groups excluding carboxylic acids is 1. The van der Waals surface area contributed by atoms with Crippen LogP contribution in [0.15, 0.2) is 0 Å². The highest BCUT2D eigenvalue weighted by atomic mass is 16.5. The third-order valence-corrected chi connectivity index (χ3v) is 3.75. The van der Waals surface area contributed by atoms with E-state index in [1.54, 1.807) is 7.11 Å². The first-order valence-corrected chi connectivity index (χ1v) is 6.90. The van der Waals surface area contributed by atoms with E-state index in [1.165, 1.54) is 6.42 Å². The summed E-state index contributed by atoms with van der Waals surface area (Å²) in [6.45, 7) is 3.63. The minimum Gasteiger partial charge on any atom is -0.380 e. The van der Waals surface area contributed by atoms with Crippen LogP contribution in [0.4, 0.5) is 0 Å². The second-order valence-electron chi connectivity index (χ2n) is 5.17. The van der Waals surface area contributed by atoms with E-state index in [4.69, 9.17) is 9.47 Å². The number of ether oxygens (including phenoxy) is 2. The average Bonchev–Trinajstić information content (AvgIpc) is 2.41. The van der Waals surface area contributed by atoms with Crippen molar-refractivity contribution in [2.45, 2.75) is 37.8 Å². The molecular weight excluding hydrogens is 232 g/mol. The molecule has 1 N–H and O–H groups in total. The first-order valence-electron chi connectivity index (χ1n) is 6.90. The lowest BCUT2D eigenvalue weighted by molar-refractivity contribution is -0.136. The zero-order valence-corrected chi connectivity index (χ0v) is 11.2. The molecule has 1 atom stereocenters. The largest absolute Gasteiger partial charge is 0.380 e. The molecule has 0 spiro atoms. The highest BCUT2D eigenvalue weighted by molar-refractivity contribution is 5.77. The van der Waals surface area contributed by atoms with Crippen molar-refractivity contribution in [3.05, 3.63) is 0 Å². The molecule has 1 unspecified atom stereocenters. The third kappa shape index (κ3) is 3.93. The van der Waals surface area contributed by atoms with Crippen LogP contribution < -0.4 is 5.32 Å². The molecule has 0 aliphatic carbocycles. The minimum atomic E-state index is 0.108. The van der Waals surface area contributed by atoms with Crippen LogP contribution in [-0.4, -0.2) is 62.9 Å². The van der Waals surface area contributed by atoms with Gasteiger partial charge in [-0.15, -0.1) is 0 Å². The van der Waals surface area contributed by atoms with Crippen molar-refractivity contribution in [1.29, 1.82) is 0 Å². The van der Waals surface area contributed by atoms with Gasteiger partial charge in [-0.3, -0.25) is 4.79 Å². The van der Waals surface area contributed by atoms with E-state index in [-0.39, 0.29) is 12.5 Å². The van der Waals surface area contributed by atoms with E-state index in [0.717, 1.165) is 45.6 Å². The Morgan fingerprint density at radius 3 is 2.72 bits per heavy atom. The van der Waals surface area contributed by atoms with E-state index in [9.17, 15) is 4.79 Å². The van der Waals surface area contributed by atoms with Crippen LogP contribution in [-0.2, 0) is 14.3 Å². The predicted octanol–water partition coefficient (Wildman–Crippen LogP) is 0.392. The maximum absolute atomic E-state index is 11.7. The Morgan fingerprint density at radius 1 is 1.33 bits per heavy atom. The van der Waals surface area contributed by atoms with Gasteiger partial charge in [0.2, 0.25) is 5.91 Å². The monoisotopic (exact) mass is 256 g/mol. The van der Waals surface area contributed by atoms with Gasteiger partial charge in [0.15, 0.2) is 0 Å². The van der Waals surface area contributed by atoms with Gasteiger partial charge in [0.05, 0.1) is 6.61 Å². The predicted molar refractivity (Wildman–Crippen MR) is 68.5 cm³/mol. The van der Waals surface area contributed by atoms with Crippen molar-refractivity contribution in [3.63, 3.8) is 0 Å². The summed E-state index contributed by atoms with van der Waals surface area (Å²) in [5.41, 5.74) is 0. The van der Waals surface area contributed by atoms with Gasteiger partial charge in [0, 0.05) is 38.9 Å². The quantitative estimate of drug-likeness (QED) is 0.790. The number of hydrogen-bond acceptors (Lipinski definition) is 4. The highest BCUT2D eigenvalue weighted by Gasteiger charge is 2.25. The number of nitrogens with zero attached hydrogens (tertiary/aromatic N) is 1. The number of amides is 1. The van der Waals surface area contributed by atoms with Crippen LogP contribution in [0.5, 0.6) is 0 Å². The molecule has 2 fully saturated rings. The van der Waals surface area contributed by atoms with Gasteiger partial charge in [-0.2, -0.15) is 0 Å². The topological polar surface area (TPSA) is 50.8 Å². The minimum absolute atomic E-state index is 0.108. The number of rotatable bonds is 4. The number of methoxy groups -OCH3 is 1. The van der Waals surface area contributed by atoms with Gasteiger partial charge >= 0.3 is 0 Å². The standard InChI is InChI=1S/C13H24N2O3/c1-17-10-13(16)15-6-4-11(5-7-15)14-12-3-2-8-18-9-12/h11-12,14H,2-10H2,1H3. The van der Waals surface area contributed by atoms with Crippen molar-refractivity contribution in [2.24, 2.45) is 0 Å². The van der Waals surface area contributed by atoms with Gasteiger partial charge < -0.3 is 19.7 Å². The first kappa shape index (κ1) is 13.8. The Kier molecular flexibility index (Phi) is 5.41. The number of likely N-dealkylation sites (tertiary alicyclic amines) is 1. The van der Waals surface area contributed by atoms with Gasteiger partial charge in [0.25, 0.3) is 0 Å². The van der Waals surface area contributed by atoms with E-state index >= 15 is 0 Å². The van der Waals surface area contributed by atoms with Crippen LogP contribution in [0.25, 0.3) is 0 Å². The molecule has 0 saturated carbocycles. The highest BCUT2D eigenvalue weighted by Crippen LogP contribution is 2.14. The molecule has 0 radical (unpaired) electrons. The van der Waals surface area contributed by atoms with Crippen molar-refractivity contribution in [2.75, 3.05) is 40.0 Å². The number of hydrogen-bond donors (Lipinski definition) is 1. The molecule has 0 aromatic heterocycles. The van der Waals surface area contributed by atoms with Gasteiger partial charge in [-0.25, -0.2) is 0 Å². The van der Waals surface area contributed by atoms with Crippen molar-refractivity contribution in [3.8, 4) is 0 Å². The molecule has 2 aliphatic rings. The smallest absolute Gasteiger partial charge is 0.248 e. The Balaban J connectivity index is 1.68. The van der Waals surface area contributed by atoms with Crippen LogP contribution in [0.3, 0.4) is 0 Å².